The number of hydrogen-bond donors (Lipinski definition) is 2. The molecule has 5 nitrogen and oxygen atoms in total. The summed E-state index contributed by atoms with van der Waals surface area (Å²) >= 11 is 11.5. The second-order valence-electron chi connectivity index (χ2n) is 3.76. The van der Waals surface area contributed by atoms with Crippen molar-refractivity contribution in [2.24, 2.45) is 5.10 Å². The van der Waals surface area contributed by atoms with E-state index in [0.29, 0.717) is 0 Å². The maximum atomic E-state index is 11.8. The third-order valence-corrected chi connectivity index (χ3v) is 2.86. The van der Waals surface area contributed by atoms with Crippen LogP contribution in [0, 0.1) is 0 Å². The number of hydrazone groups is 1. The van der Waals surface area contributed by atoms with E-state index < -0.39 is 5.91 Å². The lowest BCUT2D eigenvalue weighted by molar-refractivity contribution is 0.0952. The molecule has 1 heterocycles. The first-order chi connectivity index (χ1) is 9.58. The van der Waals surface area contributed by atoms with E-state index in [0.717, 1.165) is 5.56 Å². The number of aromatic nitrogens is 1. The minimum Gasteiger partial charge on any atom is -0.506 e. The summed E-state index contributed by atoms with van der Waals surface area (Å²) in [5.41, 5.74) is 3.00. The van der Waals surface area contributed by atoms with Crippen molar-refractivity contribution < 1.29 is 9.90 Å². The molecule has 8 heteroatoms. The summed E-state index contributed by atoms with van der Waals surface area (Å²) in [6.07, 6.45) is 4.65. The average molecular weight is 347 g/mol. The van der Waals surface area contributed by atoms with Crippen molar-refractivity contribution in [3.63, 3.8) is 0 Å². The molecule has 0 atom stereocenters. The molecule has 2 rings (SSSR count). The van der Waals surface area contributed by atoms with Gasteiger partial charge in [-0.1, -0.05) is 23.2 Å². The number of rotatable bonds is 3. The first kappa shape index (κ1) is 17.2. The van der Waals surface area contributed by atoms with Gasteiger partial charge in [0.2, 0.25) is 0 Å². The van der Waals surface area contributed by atoms with E-state index in [-0.39, 0.29) is 33.8 Å². The van der Waals surface area contributed by atoms with Crippen molar-refractivity contribution in [3.05, 3.63) is 57.8 Å². The summed E-state index contributed by atoms with van der Waals surface area (Å²) in [6.45, 7) is 0. The second kappa shape index (κ2) is 7.83. The van der Waals surface area contributed by atoms with Gasteiger partial charge < -0.3 is 5.11 Å². The van der Waals surface area contributed by atoms with Crippen molar-refractivity contribution in [2.45, 2.75) is 0 Å². The van der Waals surface area contributed by atoms with Gasteiger partial charge in [-0.2, -0.15) is 5.10 Å². The van der Waals surface area contributed by atoms with Crippen LogP contribution in [-0.2, 0) is 0 Å². The number of phenolic OH excluding ortho intramolecular Hbond substituents is 1. The molecule has 21 heavy (non-hydrogen) atoms. The quantitative estimate of drug-likeness (QED) is 0.661. The number of nitrogens with zero attached hydrogens (tertiary/aromatic N) is 2. The molecule has 0 aliphatic carbocycles. The van der Waals surface area contributed by atoms with Crippen LogP contribution in [0.2, 0.25) is 10.0 Å². The van der Waals surface area contributed by atoms with Crippen LogP contribution in [0.25, 0.3) is 0 Å². The Morgan fingerprint density at radius 1 is 1.29 bits per heavy atom. The summed E-state index contributed by atoms with van der Waals surface area (Å²) in [5, 5.41) is 13.7. The van der Waals surface area contributed by atoms with E-state index >= 15 is 0 Å². The fraction of sp³-hybridized carbons (Fsp3) is 0. The van der Waals surface area contributed by atoms with Gasteiger partial charge in [0.15, 0.2) is 0 Å². The van der Waals surface area contributed by atoms with Gasteiger partial charge in [-0.15, -0.1) is 12.4 Å². The van der Waals surface area contributed by atoms with Crippen LogP contribution in [0.4, 0.5) is 0 Å². The topological polar surface area (TPSA) is 74.6 Å². The van der Waals surface area contributed by atoms with Gasteiger partial charge in [0.1, 0.15) is 5.75 Å². The number of halogens is 3. The number of carbonyl (C=O) groups excluding carboxylic acids is 1. The van der Waals surface area contributed by atoms with Crippen LogP contribution in [0.1, 0.15) is 15.9 Å². The highest BCUT2D eigenvalue weighted by Crippen LogP contribution is 2.30. The van der Waals surface area contributed by atoms with Gasteiger partial charge in [-0.05, 0) is 29.8 Å². The normalized spacial score (nSPS) is 10.2. The lowest BCUT2D eigenvalue weighted by atomic mass is 10.2. The van der Waals surface area contributed by atoms with E-state index in [1.54, 1.807) is 24.5 Å². The zero-order chi connectivity index (χ0) is 14.5. The van der Waals surface area contributed by atoms with E-state index in [4.69, 9.17) is 23.2 Å². The molecule has 2 N–H and O–H groups in total. The number of phenols is 1. The van der Waals surface area contributed by atoms with Crippen molar-refractivity contribution in [1.82, 2.24) is 10.4 Å². The Morgan fingerprint density at radius 2 is 1.95 bits per heavy atom. The van der Waals surface area contributed by atoms with Crippen LogP contribution in [0.3, 0.4) is 0 Å². The molecule has 1 amide bonds. The van der Waals surface area contributed by atoms with Gasteiger partial charge in [0.05, 0.1) is 16.8 Å². The average Bonchev–Trinajstić information content (AvgIpc) is 2.44. The Morgan fingerprint density at radius 3 is 2.62 bits per heavy atom. The van der Waals surface area contributed by atoms with Crippen molar-refractivity contribution in [2.75, 3.05) is 0 Å². The molecule has 1 aromatic heterocycles. The van der Waals surface area contributed by atoms with Crippen LogP contribution < -0.4 is 5.43 Å². The van der Waals surface area contributed by atoms with Gasteiger partial charge in [0.25, 0.3) is 5.91 Å². The van der Waals surface area contributed by atoms with Crippen molar-refractivity contribution in [3.8, 4) is 5.75 Å². The molecular formula is C13H10Cl3N3O2. The zero-order valence-corrected chi connectivity index (χ0v) is 12.8. The molecule has 0 bridgehead atoms. The van der Waals surface area contributed by atoms with Gasteiger partial charge in [-0.25, -0.2) is 5.43 Å². The fourth-order valence-electron chi connectivity index (χ4n) is 1.41. The third-order valence-electron chi connectivity index (χ3n) is 2.36. The Balaban J connectivity index is 0.00000220. The van der Waals surface area contributed by atoms with Crippen LogP contribution in [0.15, 0.2) is 41.8 Å². The molecule has 0 aliphatic rings. The molecule has 110 valence electrons. The van der Waals surface area contributed by atoms with E-state index in [1.165, 1.54) is 18.3 Å². The highest BCUT2D eigenvalue weighted by molar-refractivity contribution is 6.36. The lowest BCUT2D eigenvalue weighted by Gasteiger charge is -2.05. The number of nitrogens with one attached hydrogen (secondary N) is 1. The lowest BCUT2D eigenvalue weighted by Crippen LogP contribution is -2.17. The molecule has 0 radical (unpaired) electrons. The molecule has 1 aromatic carbocycles. The predicted molar refractivity (Wildman–Crippen MR) is 84.7 cm³/mol. The second-order valence-corrected chi connectivity index (χ2v) is 4.61. The number of benzene rings is 1. The van der Waals surface area contributed by atoms with Crippen molar-refractivity contribution >= 4 is 47.7 Å². The number of carbonyl (C=O) groups is 1. The zero-order valence-electron chi connectivity index (χ0n) is 10.5. The third kappa shape index (κ3) is 4.60. The number of hydrogen-bond acceptors (Lipinski definition) is 4. The number of aromatic hydroxyl groups is 1. The molecule has 2 aromatic rings. The predicted octanol–water partition coefficient (Wildman–Crippen LogP) is 3.28. The monoisotopic (exact) mass is 345 g/mol. The largest absolute Gasteiger partial charge is 0.506 e. The summed E-state index contributed by atoms with van der Waals surface area (Å²) in [7, 11) is 0. The Labute approximate surface area is 137 Å². The van der Waals surface area contributed by atoms with E-state index in [2.05, 4.69) is 15.5 Å². The Bertz CT molecular complexity index is 663. The SMILES string of the molecule is Cl.O=C(N/N=C/c1ccncc1)c1cc(Cl)cc(Cl)c1O. The summed E-state index contributed by atoms with van der Waals surface area (Å²) in [4.78, 5) is 15.7. The molecule has 0 saturated heterocycles. The minimum absolute atomic E-state index is 0. The molecule has 0 unspecified atom stereocenters. The van der Waals surface area contributed by atoms with E-state index in [1.807, 2.05) is 0 Å². The molecule has 0 saturated carbocycles. The van der Waals surface area contributed by atoms with Crippen LogP contribution in [-0.4, -0.2) is 22.2 Å². The highest BCUT2D eigenvalue weighted by atomic mass is 35.5. The maximum Gasteiger partial charge on any atom is 0.275 e. The molecule has 0 fully saturated rings. The van der Waals surface area contributed by atoms with Crippen LogP contribution in [0.5, 0.6) is 5.75 Å². The summed E-state index contributed by atoms with van der Waals surface area (Å²) < 4.78 is 0. The fourth-order valence-corrected chi connectivity index (χ4v) is 1.91. The van der Waals surface area contributed by atoms with Gasteiger partial charge in [-0.3, -0.25) is 9.78 Å². The first-order valence-electron chi connectivity index (χ1n) is 5.49. The number of pyridine rings is 1. The van der Waals surface area contributed by atoms with Gasteiger partial charge >= 0.3 is 0 Å². The Kier molecular flexibility index (Phi) is 6.42. The maximum absolute atomic E-state index is 11.8. The smallest absolute Gasteiger partial charge is 0.275 e. The summed E-state index contributed by atoms with van der Waals surface area (Å²) in [5.74, 6) is -0.954. The minimum atomic E-state index is -0.614. The Hall–Kier alpha value is -1.82. The summed E-state index contributed by atoms with van der Waals surface area (Å²) in [6, 6.07) is 6.10. The molecule has 0 aliphatic heterocycles. The van der Waals surface area contributed by atoms with Crippen LogP contribution >= 0.6 is 35.6 Å². The molecule has 0 spiro atoms. The first-order valence-corrected chi connectivity index (χ1v) is 6.25. The number of amides is 1. The van der Waals surface area contributed by atoms with Crippen molar-refractivity contribution in [1.29, 1.82) is 0 Å². The standard InChI is InChI=1S/C13H9Cl2N3O2.ClH/c14-9-5-10(12(19)11(15)6-9)13(20)18-17-7-8-1-3-16-4-2-8;/h1-7,19H,(H,18,20);1H/b17-7+;. The van der Waals surface area contributed by atoms with Gasteiger partial charge in [0, 0.05) is 17.4 Å². The van der Waals surface area contributed by atoms with E-state index in [9.17, 15) is 9.90 Å². The highest BCUT2D eigenvalue weighted by Gasteiger charge is 2.14. The molecular weight excluding hydrogens is 337 g/mol.